The number of rotatable bonds is 0. The molecule has 0 aliphatic rings. The summed E-state index contributed by atoms with van der Waals surface area (Å²) in [6.45, 7) is 1.58. The van der Waals surface area contributed by atoms with Crippen molar-refractivity contribution in [2.75, 3.05) is 0 Å². The third-order valence-corrected chi connectivity index (χ3v) is 0.467. The van der Waals surface area contributed by atoms with Crippen LogP contribution in [0.25, 0.3) is 0 Å². The maximum atomic E-state index is 5.27. The predicted molar refractivity (Wildman–Crippen MR) is 39.6 cm³/mol. The van der Waals surface area contributed by atoms with E-state index in [9.17, 15) is 0 Å². The van der Waals surface area contributed by atoms with Crippen molar-refractivity contribution < 1.29 is 0 Å². The van der Waals surface area contributed by atoms with Gasteiger partial charge < -0.3 is 5.73 Å². The maximum Gasteiger partial charge on any atom is 0.0787 e. The highest BCUT2D eigenvalue weighted by molar-refractivity contribution is 6.41. The van der Waals surface area contributed by atoms with Crippen molar-refractivity contribution in [3.8, 4) is 23.8 Å². The van der Waals surface area contributed by atoms with Gasteiger partial charge in [0.05, 0.1) is 15.7 Å². The molecule has 0 aromatic rings. The minimum atomic E-state index is -0.968. The van der Waals surface area contributed by atoms with Crippen molar-refractivity contribution in [2.45, 2.75) is 12.1 Å². The highest BCUT2D eigenvalue weighted by Gasteiger charge is 2.01. The lowest BCUT2D eigenvalue weighted by Crippen LogP contribution is -2.02. The van der Waals surface area contributed by atoms with Crippen LogP contribution in [-0.2, 0) is 0 Å². The number of hydrogen-bond donors (Lipinski definition) is 1. The van der Waals surface area contributed by atoms with Gasteiger partial charge in [-0.25, -0.2) is 0 Å². The van der Waals surface area contributed by atoms with Crippen LogP contribution < -0.4 is 5.73 Å². The van der Waals surface area contributed by atoms with E-state index < -0.39 is 5.21 Å². The second kappa shape index (κ2) is 3.15. The Balaban J connectivity index is 3.99. The average Bonchev–Trinajstić information content (AvgIpc) is 1.63. The van der Waals surface area contributed by atoms with Crippen molar-refractivity contribution in [1.29, 1.82) is 0 Å². The molecule has 2 N–H and O–H groups in total. The van der Waals surface area contributed by atoms with Crippen LogP contribution in [-0.4, -0.2) is 15.7 Å². The molecule has 0 aliphatic carbocycles. The van der Waals surface area contributed by atoms with Gasteiger partial charge in [-0.1, -0.05) is 6.92 Å². The summed E-state index contributed by atoms with van der Waals surface area (Å²) in [4.78, 5) is 0. The summed E-state index contributed by atoms with van der Waals surface area (Å²) < 4.78 is 0. The minimum Gasteiger partial charge on any atom is -0.359 e. The average molecular weight is 113 g/mol. The fourth-order valence-corrected chi connectivity index (χ4v) is 0.202. The highest BCUT2D eigenvalue weighted by Crippen LogP contribution is 2.08. The van der Waals surface area contributed by atoms with Crippen LogP contribution in [0, 0.1) is 23.8 Å². The van der Waals surface area contributed by atoms with Gasteiger partial charge in [0.25, 0.3) is 0 Å². The number of nitrogens with two attached hydrogens (primary N) is 1. The molecule has 9 heavy (non-hydrogen) atoms. The Bertz CT molecular complexity index is 193. The van der Waals surface area contributed by atoms with Gasteiger partial charge in [0, 0.05) is 12.0 Å². The summed E-state index contributed by atoms with van der Waals surface area (Å²) in [5.74, 6) is 7.18. The van der Waals surface area contributed by atoms with E-state index in [1.807, 2.05) is 0 Å². The summed E-state index contributed by atoms with van der Waals surface area (Å²) in [7, 11) is 10.5. The first-order valence-electron chi connectivity index (χ1n) is 2.37. The second-order valence-electron chi connectivity index (χ2n) is 1.80. The summed E-state index contributed by atoms with van der Waals surface area (Å²) in [6, 6.07) is 2.11. The van der Waals surface area contributed by atoms with Crippen LogP contribution in [0.4, 0.5) is 0 Å². The molecule has 0 rings (SSSR count). The molecule has 0 heterocycles. The first-order chi connectivity index (χ1) is 4.06. The zero-order valence-corrected chi connectivity index (χ0v) is 5.23. The number of hydrogen-bond acceptors (Lipinski definition) is 1. The molecule has 0 aromatic carbocycles. The summed E-state index contributed by atoms with van der Waals surface area (Å²) >= 11 is 0. The Morgan fingerprint density at radius 3 is 2.22 bits per heavy atom. The van der Waals surface area contributed by atoms with Crippen LogP contribution in [0.2, 0.25) is 5.21 Å². The zero-order chi connectivity index (χ0) is 7.33. The molecule has 40 valence electrons. The van der Waals surface area contributed by atoms with E-state index >= 15 is 0 Å². The van der Waals surface area contributed by atoms with Crippen LogP contribution in [0.1, 0.15) is 6.92 Å². The van der Waals surface area contributed by atoms with Crippen molar-refractivity contribution in [3.63, 3.8) is 0 Å². The standard InChI is InChI=1S/C6H5B2N/c1-6(7,8)4-2-3-5-9/h9H2,1H3. The summed E-state index contributed by atoms with van der Waals surface area (Å²) in [5.41, 5.74) is 4.81. The fourth-order valence-electron chi connectivity index (χ4n) is 0.202. The molecule has 1 nitrogen and oxygen atoms in total. The second-order valence-corrected chi connectivity index (χ2v) is 1.80. The van der Waals surface area contributed by atoms with Gasteiger partial charge in [-0.15, -0.1) is 5.92 Å². The lowest BCUT2D eigenvalue weighted by atomic mass is 9.56. The Morgan fingerprint density at radius 2 is 1.89 bits per heavy atom. The highest BCUT2D eigenvalue weighted by atomic mass is 14.4. The Hall–Kier alpha value is -0.950. The quantitative estimate of drug-likeness (QED) is 0.253. The Kier molecular flexibility index (Phi) is 2.82. The van der Waals surface area contributed by atoms with Gasteiger partial charge in [-0.2, -0.15) is 0 Å². The van der Waals surface area contributed by atoms with E-state index in [1.165, 1.54) is 0 Å². The largest absolute Gasteiger partial charge is 0.359 e. The van der Waals surface area contributed by atoms with E-state index in [1.54, 1.807) is 6.92 Å². The molecule has 0 amide bonds. The first-order valence-corrected chi connectivity index (χ1v) is 2.37. The molecule has 0 saturated heterocycles. The van der Waals surface area contributed by atoms with E-state index in [4.69, 9.17) is 21.4 Å². The lowest BCUT2D eigenvalue weighted by Gasteiger charge is -2.06. The molecular formula is C6H5B2N. The molecule has 0 aromatic heterocycles. The van der Waals surface area contributed by atoms with E-state index in [-0.39, 0.29) is 0 Å². The van der Waals surface area contributed by atoms with Gasteiger partial charge in [-0.3, -0.25) is 0 Å². The van der Waals surface area contributed by atoms with Crippen molar-refractivity contribution >= 4 is 15.7 Å². The Labute approximate surface area is 58.2 Å². The third-order valence-electron chi connectivity index (χ3n) is 0.467. The topological polar surface area (TPSA) is 26.0 Å². The monoisotopic (exact) mass is 113 g/mol. The predicted octanol–water partition coefficient (Wildman–Crippen LogP) is -0.618. The molecular weight excluding hydrogens is 108 g/mol. The van der Waals surface area contributed by atoms with E-state index in [0.717, 1.165) is 0 Å². The zero-order valence-electron chi connectivity index (χ0n) is 5.23. The molecule has 0 unspecified atom stereocenters. The third kappa shape index (κ3) is 7.05. The van der Waals surface area contributed by atoms with Crippen molar-refractivity contribution in [1.82, 2.24) is 0 Å². The van der Waals surface area contributed by atoms with Gasteiger partial charge in [-0.05, 0) is 11.1 Å². The Morgan fingerprint density at radius 1 is 1.33 bits per heavy atom. The van der Waals surface area contributed by atoms with Crippen molar-refractivity contribution in [2.24, 2.45) is 5.73 Å². The van der Waals surface area contributed by atoms with Gasteiger partial charge in [0.1, 0.15) is 0 Å². The lowest BCUT2D eigenvalue weighted by molar-refractivity contribution is 1.14. The van der Waals surface area contributed by atoms with E-state index in [0.29, 0.717) is 0 Å². The molecule has 0 fully saturated rings. The van der Waals surface area contributed by atoms with Crippen LogP contribution >= 0.6 is 0 Å². The maximum absolute atomic E-state index is 5.27. The molecule has 3 heteroatoms. The van der Waals surface area contributed by atoms with Crippen LogP contribution in [0.3, 0.4) is 0 Å². The normalized spacial score (nSPS) is 8.11. The molecule has 4 radical (unpaired) electrons. The molecule has 0 bridgehead atoms. The SMILES string of the molecule is [B]C([B])(C)C#CC#CN. The van der Waals surface area contributed by atoms with Gasteiger partial charge >= 0.3 is 0 Å². The fraction of sp³-hybridized carbons (Fsp3) is 0.333. The smallest absolute Gasteiger partial charge is 0.0787 e. The van der Waals surface area contributed by atoms with Crippen molar-refractivity contribution in [3.05, 3.63) is 0 Å². The summed E-state index contributed by atoms with van der Waals surface area (Å²) in [6.07, 6.45) is 0. The van der Waals surface area contributed by atoms with Gasteiger partial charge in [0.2, 0.25) is 0 Å². The summed E-state index contributed by atoms with van der Waals surface area (Å²) in [5, 5.41) is -0.968. The van der Waals surface area contributed by atoms with Crippen LogP contribution in [0.5, 0.6) is 0 Å². The first kappa shape index (κ1) is 8.05. The molecule has 0 aliphatic heterocycles. The molecule has 0 atom stereocenters. The van der Waals surface area contributed by atoms with Crippen LogP contribution in [0.15, 0.2) is 0 Å². The molecule has 0 spiro atoms. The minimum absolute atomic E-state index is 0.968. The van der Waals surface area contributed by atoms with Gasteiger partial charge in [0.15, 0.2) is 0 Å². The molecule has 0 saturated carbocycles. The van der Waals surface area contributed by atoms with E-state index in [2.05, 4.69) is 23.8 Å².